The second kappa shape index (κ2) is 5.38. The van der Waals surface area contributed by atoms with Gasteiger partial charge in [0.15, 0.2) is 11.5 Å². The second-order valence-corrected chi connectivity index (χ2v) is 3.93. The Kier molecular flexibility index (Phi) is 3.65. The van der Waals surface area contributed by atoms with Gasteiger partial charge in [0, 0.05) is 24.6 Å². The van der Waals surface area contributed by atoms with Crippen LogP contribution in [0.25, 0.3) is 0 Å². The number of hydrogen-bond donors (Lipinski definition) is 3. The van der Waals surface area contributed by atoms with Gasteiger partial charge in [-0.3, -0.25) is 9.59 Å². The number of benzene rings is 1. The third-order valence-electron chi connectivity index (χ3n) is 2.60. The molecule has 2 amide bonds. The summed E-state index contributed by atoms with van der Waals surface area (Å²) in [6.07, 6.45) is 0.528. The lowest BCUT2D eigenvalue weighted by molar-refractivity contribution is -0.121. The van der Waals surface area contributed by atoms with Crippen molar-refractivity contribution in [3.63, 3.8) is 0 Å². The fourth-order valence-corrected chi connectivity index (χ4v) is 1.61. The van der Waals surface area contributed by atoms with Crippen molar-refractivity contribution in [1.29, 1.82) is 0 Å². The van der Waals surface area contributed by atoms with Crippen LogP contribution in [-0.4, -0.2) is 29.7 Å². The largest absolute Gasteiger partial charge is 0.504 e. The molecule has 7 nitrogen and oxygen atoms in total. The molecule has 1 aliphatic rings. The van der Waals surface area contributed by atoms with Gasteiger partial charge in [0.05, 0.1) is 7.11 Å². The van der Waals surface area contributed by atoms with Crippen LogP contribution in [0.5, 0.6) is 11.5 Å². The Morgan fingerprint density at radius 2 is 2.26 bits per heavy atom. The molecular formula is C12H13N3O4. The molecule has 1 aliphatic heterocycles. The third-order valence-corrected chi connectivity index (χ3v) is 2.60. The van der Waals surface area contributed by atoms with Gasteiger partial charge < -0.3 is 15.2 Å². The van der Waals surface area contributed by atoms with E-state index in [0.29, 0.717) is 17.9 Å². The summed E-state index contributed by atoms with van der Waals surface area (Å²) in [6, 6.07) is 4.51. The highest BCUT2D eigenvalue weighted by atomic mass is 16.5. The van der Waals surface area contributed by atoms with Crippen LogP contribution in [0.1, 0.15) is 12.8 Å². The zero-order valence-electron chi connectivity index (χ0n) is 10.3. The standard InChI is InChI=1S/C12H13N3O4/c1-19-10-4-2-7(6-9(10)16)13-12(18)8-3-5-11(17)15-14-8/h2,4,6,16H,3,5H2,1H3,(H,13,18)(H,15,17). The van der Waals surface area contributed by atoms with Crippen LogP contribution >= 0.6 is 0 Å². The van der Waals surface area contributed by atoms with Crippen LogP contribution < -0.4 is 15.5 Å². The molecule has 0 bridgehead atoms. The normalized spacial score (nSPS) is 14.4. The number of amides is 2. The topological polar surface area (TPSA) is 100 Å². The first-order valence-corrected chi connectivity index (χ1v) is 5.64. The van der Waals surface area contributed by atoms with Crippen LogP contribution in [-0.2, 0) is 9.59 Å². The molecule has 0 spiro atoms. The number of ether oxygens (including phenoxy) is 1. The molecule has 0 aromatic heterocycles. The smallest absolute Gasteiger partial charge is 0.271 e. The Labute approximate surface area is 109 Å². The maximum absolute atomic E-state index is 11.8. The molecule has 3 N–H and O–H groups in total. The van der Waals surface area contributed by atoms with E-state index in [0.717, 1.165) is 0 Å². The SMILES string of the molecule is COc1ccc(NC(=O)C2=NNC(=O)CC2)cc1O. The number of carbonyl (C=O) groups is 2. The van der Waals surface area contributed by atoms with E-state index in [1.54, 1.807) is 6.07 Å². The minimum atomic E-state index is -0.412. The molecule has 100 valence electrons. The summed E-state index contributed by atoms with van der Waals surface area (Å²) in [7, 11) is 1.44. The highest BCUT2D eigenvalue weighted by molar-refractivity contribution is 6.43. The summed E-state index contributed by atoms with van der Waals surface area (Å²) < 4.78 is 4.90. The molecule has 0 saturated carbocycles. The maximum Gasteiger partial charge on any atom is 0.271 e. The lowest BCUT2D eigenvalue weighted by atomic mass is 10.1. The number of methoxy groups -OCH3 is 1. The molecule has 2 rings (SSSR count). The average molecular weight is 263 g/mol. The first-order chi connectivity index (χ1) is 9.10. The van der Waals surface area contributed by atoms with Crippen molar-refractivity contribution < 1.29 is 19.4 Å². The van der Waals surface area contributed by atoms with E-state index in [2.05, 4.69) is 15.8 Å². The van der Waals surface area contributed by atoms with E-state index in [1.165, 1.54) is 19.2 Å². The highest BCUT2D eigenvalue weighted by Crippen LogP contribution is 2.28. The Bertz CT molecular complexity index is 554. The van der Waals surface area contributed by atoms with Crippen molar-refractivity contribution >= 4 is 23.2 Å². The number of anilines is 1. The minimum Gasteiger partial charge on any atom is -0.504 e. The summed E-state index contributed by atoms with van der Waals surface area (Å²) in [4.78, 5) is 22.7. The van der Waals surface area contributed by atoms with Crippen molar-refractivity contribution in [2.75, 3.05) is 12.4 Å². The van der Waals surface area contributed by atoms with E-state index in [1.807, 2.05) is 0 Å². The molecule has 7 heteroatoms. The Hall–Kier alpha value is -2.57. The van der Waals surface area contributed by atoms with Crippen LogP contribution in [0, 0.1) is 0 Å². The van der Waals surface area contributed by atoms with E-state index in [9.17, 15) is 14.7 Å². The van der Waals surface area contributed by atoms with E-state index in [-0.39, 0.29) is 23.8 Å². The van der Waals surface area contributed by atoms with E-state index >= 15 is 0 Å². The molecule has 1 heterocycles. The van der Waals surface area contributed by atoms with Gasteiger partial charge >= 0.3 is 0 Å². The number of aromatic hydroxyl groups is 1. The lowest BCUT2D eigenvalue weighted by Crippen LogP contribution is -2.32. The Morgan fingerprint density at radius 1 is 1.47 bits per heavy atom. The van der Waals surface area contributed by atoms with Crippen molar-refractivity contribution in [2.45, 2.75) is 12.8 Å². The molecule has 0 aliphatic carbocycles. The first-order valence-electron chi connectivity index (χ1n) is 5.64. The molecule has 1 aromatic carbocycles. The minimum absolute atomic E-state index is 0.0702. The number of phenolic OH excluding ortho intramolecular Hbond substituents is 1. The quantitative estimate of drug-likeness (QED) is 0.743. The number of hydrogen-bond acceptors (Lipinski definition) is 5. The van der Waals surface area contributed by atoms with Crippen LogP contribution in [0.3, 0.4) is 0 Å². The van der Waals surface area contributed by atoms with E-state index in [4.69, 9.17) is 4.74 Å². The lowest BCUT2D eigenvalue weighted by Gasteiger charge is -2.12. The molecule has 0 atom stereocenters. The predicted molar refractivity (Wildman–Crippen MR) is 68.1 cm³/mol. The maximum atomic E-state index is 11.8. The van der Waals surface area contributed by atoms with Crippen LogP contribution in [0.4, 0.5) is 5.69 Å². The molecule has 0 unspecified atom stereocenters. The second-order valence-electron chi connectivity index (χ2n) is 3.93. The Balaban J connectivity index is 2.07. The third kappa shape index (κ3) is 3.01. The molecule has 0 saturated heterocycles. The van der Waals surface area contributed by atoms with Gasteiger partial charge in [0.2, 0.25) is 5.91 Å². The van der Waals surface area contributed by atoms with Gasteiger partial charge in [-0.25, -0.2) is 5.43 Å². The number of nitrogens with zero attached hydrogens (tertiary/aromatic N) is 1. The zero-order valence-corrected chi connectivity index (χ0v) is 10.3. The fourth-order valence-electron chi connectivity index (χ4n) is 1.61. The van der Waals surface area contributed by atoms with E-state index < -0.39 is 5.91 Å². The van der Waals surface area contributed by atoms with Crippen molar-refractivity contribution in [2.24, 2.45) is 5.10 Å². The molecule has 0 radical (unpaired) electrons. The monoisotopic (exact) mass is 263 g/mol. The molecule has 19 heavy (non-hydrogen) atoms. The predicted octanol–water partition coefficient (Wildman–Crippen LogP) is 0.605. The number of phenols is 1. The summed E-state index contributed by atoms with van der Waals surface area (Å²) in [6.45, 7) is 0. The Morgan fingerprint density at radius 3 is 2.84 bits per heavy atom. The van der Waals surface area contributed by atoms with Gasteiger partial charge in [-0.1, -0.05) is 0 Å². The van der Waals surface area contributed by atoms with Gasteiger partial charge in [-0.2, -0.15) is 5.10 Å². The van der Waals surface area contributed by atoms with Crippen molar-refractivity contribution in [3.8, 4) is 11.5 Å². The number of rotatable bonds is 3. The molecular weight excluding hydrogens is 250 g/mol. The number of hydrazone groups is 1. The number of carbonyl (C=O) groups excluding carboxylic acids is 2. The van der Waals surface area contributed by atoms with Gasteiger partial charge in [-0.15, -0.1) is 0 Å². The molecule has 1 aromatic rings. The summed E-state index contributed by atoms with van der Waals surface area (Å²) in [5.74, 6) is -0.373. The fraction of sp³-hybridized carbons (Fsp3) is 0.250. The molecule has 0 fully saturated rings. The summed E-state index contributed by atoms with van der Waals surface area (Å²) in [5, 5.41) is 15.8. The van der Waals surface area contributed by atoms with Crippen LogP contribution in [0.2, 0.25) is 0 Å². The van der Waals surface area contributed by atoms with Crippen LogP contribution in [0.15, 0.2) is 23.3 Å². The van der Waals surface area contributed by atoms with Gasteiger partial charge in [0.25, 0.3) is 5.91 Å². The van der Waals surface area contributed by atoms with Gasteiger partial charge in [-0.05, 0) is 12.1 Å². The van der Waals surface area contributed by atoms with Crippen molar-refractivity contribution in [3.05, 3.63) is 18.2 Å². The average Bonchev–Trinajstić information content (AvgIpc) is 2.39. The summed E-state index contributed by atoms with van der Waals surface area (Å²) >= 11 is 0. The van der Waals surface area contributed by atoms with Crippen molar-refractivity contribution in [1.82, 2.24) is 5.43 Å². The highest BCUT2D eigenvalue weighted by Gasteiger charge is 2.18. The van der Waals surface area contributed by atoms with Gasteiger partial charge in [0.1, 0.15) is 5.71 Å². The first kappa shape index (κ1) is 12.9. The summed E-state index contributed by atoms with van der Waals surface area (Å²) in [5.41, 5.74) is 2.91. The zero-order chi connectivity index (χ0) is 13.8. The number of nitrogens with one attached hydrogen (secondary N) is 2.